The van der Waals surface area contributed by atoms with Gasteiger partial charge >= 0.3 is 0 Å². The molecule has 4 rings (SSSR count). The van der Waals surface area contributed by atoms with Crippen molar-refractivity contribution >= 4 is 7.51 Å². The smallest absolute Gasteiger partial charge is 0.185 e. The van der Waals surface area contributed by atoms with Crippen LogP contribution in [-0.2, 0) is 0 Å². The normalized spacial score (nSPS) is 28.9. The number of piperidine rings is 4. The highest BCUT2D eigenvalue weighted by atomic mass is 31.2. The Morgan fingerprint density at radius 3 is 1.04 bits per heavy atom. The van der Waals surface area contributed by atoms with Crippen molar-refractivity contribution in [1.29, 1.82) is 0 Å². The Kier molecular flexibility index (Phi) is 7.10. The Morgan fingerprint density at radius 2 is 0.692 bits per heavy atom. The number of hydrogen-bond acceptors (Lipinski definition) is 1. The molecule has 6 heteroatoms. The lowest BCUT2D eigenvalue weighted by atomic mass is 10.2. The summed E-state index contributed by atoms with van der Waals surface area (Å²) >= 11 is 0. The van der Waals surface area contributed by atoms with Crippen LogP contribution < -0.4 is 0 Å². The van der Waals surface area contributed by atoms with Crippen LogP contribution in [0.15, 0.2) is 4.85 Å². The predicted molar refractivity (Wildman–Crippen MR) is 111 cm³/mol. The van der Waals surface area contributed by atoms with Crippen LogP contribution in [0.25, 0.3) is 0 Å². The summed E-state index contributed by atoms with van der Waals surface area (Å²) in [5.74, 6) is 0. The maximum absolute atomic E-state index is 5.76. The lowest BCUT2D eigenvalue weighted by molar-refractivity contribution is 0.207. The molecule has 0 aromatic rings. The molecule has 4 fully saturated rings. The summed E-state index contributed by atoms with van der Waals surface area (Å²) in [6, 6.07) is 0. The van der Waals surface area contributed by atoms with Gasteiger partial charge in [-0.1, -0.05) is 25.7 Å². The highest BCUT2D eigenvalue weighted by Crippen LogP contribution is 2.62. The third kappa shape index (κ3) is 4.22. The van der Waals surface area contributed by atoms with Crippen LogP contribution in [0, 0.1) is 0 Å². The van der Waals surface area contributed by atoms with Crippen molar-refractivity contribution in [2.24, 2.45) is 4.85 Å². The van der Waals surface area contributed by atoms with E-state index in [0.717, 1.165) is 0 Å². The molecule has 0 N–H and O–H groups in total. The van der Waals surface area contributed by atoms with Crippen molar-refractivity contribution in [2.45, 2.75) is 77.0 Å². The molecule has 4 heterocycles. The standard InChI is InChI=1S/C20H40N5P/c1-5-13-22(14-6-1)21-26(23-15-7-2-8-16-23,24-17-9-3-10-18-24)25-19-11-4-12-20-25/h1-20H2. The van der Waals surface area contributed by atoms with Crippen LogP contribution in [0.2, 0.25) is 0 Å². The Labute approximate surface area is 161 Å². The van der Waals surface area contributed by atoms with E-state index in [9.17, 15) is 0 Å². The molecule has 4 aliphatic heterocycles. The number of rotatable bonds is 4. The van der Waals surface area contributed by atoms with Crippen LogP contribution in [0.5, 0.6) is 0 Å². The van der Waals surface area contributed by atoms with E-state index >= 15 is 0 Å². The fourth-order valence-corrected chi connectivity index (χ4v) is 9.67. The summed E-state index contributed by atoms with van der Waals surface area (Å²) in [5.41, 5.74) is 0. The SMILES string of the molecule is C1CCN(N=P(N2CCCCC2)(N2CCCCC2)N2CCCCC2)CC1. The van der Waals surface area contributed by atoms with E-state index in [2.05, 4.69) is 19.0 Å². The summed E-state index contributed by atoms with van der Waals surface area (Å²) in [4.78, 5) is 5.76. The fraction of sp³-hybridized carbons (Fsp3) is 1.00. The summed E-state index contributed by atoms with van der Waals surface area (Å²) < 4.78 is 8.67. The Morgan fingerprint density at radius 1 is 0.385 bits per heavy atom. The van der Waals surface area contributed by atoms with Crippen molar-refractivity contribution in [2.75, 3.05) is 52.4 Å². The van der Waals surface area contributed by atoms with Gasteiger partial charge in [0.1, 0.15) is 0 Å². The molecule has 0 atom stereocenters. The van der Waals surface area contributed by atoms with Gasteiger partial charge in [-0.25, -0.2) is 14.0 Å². The van der Waals surface area contributed by atoms with E-state index in [4.69, 9.17) is 4.85 Å². The minimum Gasteiger partial charge on any atom is -0.245 e. The average molecular weight is 382 g/mol. The Hall–Kier alpha value is 0.0700. The zero-order valence-corrected chi connectivity index (χ0v) is 17.7. The van der Waals surface area contributed by atoms with Gasteiger partial charge in [0.05, 0.1) is 0 Å². The van der Waals surface area contributed by atoms with Crippen LogP contribution >= 0.6 is 7.51 Å². The topological polar surface area (TPSA) is 25.3 Å². The van der Waals surface area contributed by atoms with Gasteiger partial charge in [-0.3, -0.25) is 0 Å². The van der Waals surface area contributed by atoms with E-state index in [-0.39, 0.29) is 0 Å². The lowest BCUT2D eigenvalue weighted by Gasteiger charge is -2.53. The van der Waals surface area contributed by atoms with Gasteiger partial charge < -0.3 is 0 Å². The Bertz CT molecular complexity index is 420. The fourth-order valence-electron chi connectivity index (χ4n) is 5.28. The van der Waals surface area contributed by atoms with Gasteiger partial charge in [0.15, 0.2) is 7.51 Å². The maximum Gasteiger partial charge on any atom is 0.185 e. The second kappa shape index (κ2) is 9.52. The highest BCUT2D eigenvalue weighted by Gasteiger charge is 2.42. The quantitative estimate of drug-likeness (QED) is 0.654. The van der Waals surface area contributed by atoms with Gasteiger partial charge in [0.25, 0.3) is 0 Å². The number of hydrogen-bond donors (Lipinski definition) is 0. The second-order valence-corrected chi connectivity index (χ2v) is 11.6. The minimum absolute atomic E-state index is 1.19. The van der Waals surface area contributed by atoms with Crippen LogP contribution in [0.4, 0.5) is 0 Å². The zero-order chi connectivity index (χ0) is 17.7. The summed E-state index contributed by atoms with van der Waals surface area (Å²) in [6.45, 7) is 10.0. The van der Waals surface area contributed by atoms with Gasteiger partial charge in [0.2, 0.25) is 0 Å². The van der Waals surface area contributed by atoms with Crippen molar-refractivity contribution in [3.8, 4) is 0 Å². The molecule has 0 aromatic carbocycles. The highest BCUT2D eigenvalue weighted by molar-refractivity contribution is 7.59. The van der Waals surface area contributed by atoms with Gasteiger partial charge in [-0.05, 0) is 51.4 Å². The zero-order valence-electron chi connectivity index (χ0n) is 16.8. The summed E-state index contributed by atoms with van der Waals surface area (Å²) in [7, 11) is -1.74. The molecule has 0 amide bonds. The molecule has 0 unspecified atom stereocenters. The molecule has 0 spiro atoms. The van der Waals surface area contributed by atoms with Crippen LogP contribution in [-0.4, -0.2) is 71.4 Å². The maximum atomic E-state index is 5.76. The van der Waals surface area contributed by atoms with Crippen molar-refractivity contribution in [1.82, 2.24) is 19.0 Å². The molecule has 0 radical (unpaired) electrons. The average Bonchev–Trinajstić information content (AvgIpc) is 2.75. The third-order valence-electron chi connectivity index (χ3n) is 6.71. The van der Waals surface area contributed by atoms with Crippen molar-refractivity contribution in [3.05, 3.63) is 0 Å². The first-order valence-corrected chi connectivity index (χ1v) is 13.1. The first-order chi connectivity index (χ1) is 12.9. The third-order valence-corrected chi connectivity index (χ3v) is 10.7. The Balaban J connectivity index is 1.73. The van der Waals surface area contributed by atoms with Crippen molar-refractivity contribution in [3.63, 3.8) is 0 Å². The molecular weight excluding hydrogens is 341 g/mol. The number of nitrogens with zero attached hydrogens (tertiary/aromatic N) is 5. The molecule has 150 valence electrons. The van der Waals surface area contributed by atoms with Crippen LogP contribution in [0.3, 0.4) is 0 Å². The van der Waals surface area contributed by atoms with Crippen molar-refractivity contribution < 1.29 is 0 Å². The molecule has 26 heavy (non-hydrogen) atoms. The molecule has 4 aliphatic rings. The molecule has 0 aliphatic carbocycles. The van der Waals surface area contributed by atoms with E-state index in [1.165, 1.54) is 129 Å². The van der Waals surface area contributed by atoms with E-state index < -0.39 is 7.51 Å². The van der Waals surface area contributed by atoms with Gasteiger partial charge in [0, 0.05) is 52.4 Å². The van der Waals surface area contributed by atoms with E-state index in [0.29, 0.717) is 0 Å². The first kappa shape index (κ1) is 19.4. The van der Waals surface area contributed by atoms with Gasteiger partial charge in [-0.2, -0.15) is 9.86 Å². The molecule has 0 bridgehead atoms. The monoisotopic (exact) mass is 381 g/mol. The second-order valence-electron chi connectivity index (χ2n) is 8.68. The predicted octanol–water partition coefficient (Wildman–Crippen LogP) is 4.79. The minimum atomic E-state index is -1.74. The van der Waals surface area contributed by atoms with E-state index in [1.807, 2.05) is 0 Å². The van der Waals surface area contributed by atoms with Crippen LogP contribution in [0.1, 0.15) is 77.0 Å². The summed E-state index contributed by atoms with van der Waals surface area (Å²) in [5, 5.41) is 2.51. The molecular formula is C20H40N5P. The first-order valence-electron chi connectivity index (χ1n) is 11.5. The largest absolute Gasteiger partial charge is 0.245 e. The molecule has 0 saturated carbocycles. The van der Waals surface area contributed by atoms with Gasteiger partial charge in [-0.15, -0.1) is 0 Å². The summed E-state index contributed by atoms with van der Waals surface area (Å²) in [6.07, 6.45) is 16.6. The lowest BCUT2D eigenvalue weighted by Crippen LogP contribution is -2.47. The molecule has 5 nitrogen and oxygen atoms in total. The molecule has 4 saturated heterocycles. The molecule has 0 aromatic heterocycles. The van der Waals surface area contributed by atoms with E-state index in [1.54, 1.807) is 0 Å².